The summed E-state index contributed by atoms with van der Waals surface area (Å²) in [4.78, 5) is 11.0. The molecule has 0 N–H and O–H groups in total. The Hall–Kier alpha value is -0.530. The number of hydrogen-bond donors (Lipinski definition) is 0. The van der Waals surface area contributed by atoms with E-state index >= 15 is 0 Å². The van der Waals surface area contributed by atoms with Crippen LogP contribution in [0.15, 0.2) is 0 Å². The predicted molar refractivity (Wildman–Crippen MR) is 68.5 cm³/mol. The number of unbranched alkanes of at least 4 members (excludes halogenated alkanes) is 6. The summed E-state index contributed by atoms with van der Waals surface area (Å²) in [5, 5.41) is 0. The van der Waals surface area contributed by atoms with Crippen molar-refractivity contribution in [2.24, 2.45) is 0 Å². The predicted octanol–water partition coefficient (Wildman–Crippen LogP) is 4.47. The zero-order chi connectivity index (χ0) is 12.2. The van der Waals surface area contributed by atoms with Crippen LogP contribution < -0.4 is 0 Å². The fourth-order valence-electron chi connectivity index (χ4n) is 1.76. The van der Waals surface area contributed by atoms with E-state index in [4.69, 9.17) is 4.74 Å². The Morgan fingerprint density at radius 1 is 1.00 bits per heavy atom. The van der Waals surface area contributed by atoms with Gasteiger partial charge in [-0.25, -0.2) is 0 Å². The first-order chi connectivity index (χ1) is 7.70. The third kappa shape index (κ3) is 10.0. The molecule has 0 aliphatic rings. The van der Waals surface area contributed by atoms with Crippen LogP contribution in [-0.2, 0) is 9.53 Å². The summed E-state index contributed by atoms with van der Waals surface area (Å²) in [6.07, 6.45) is 10.8. The summed E-state index contributed by atoms with van der Waals surface area (Å²) in [7, 11) is 0. The summed E-state index contributed by atoms with van der Waals surface area (Å²) in [5.41, 5.74) is 0. The van der Waals surface area contributed by atoms with E-state index in [0.29, 0.717) is 6.42 Å². The van der Waals surface area contributed by atoms with E-state index in [-0.39, 0.29) is 12.1 Å². The van der Waals surface area contributed by atoms with Gasteiger partial charge < -0.3 is 4.74 Å². The Kier molecular flexibility index (Phi) is 10.6. The Morgan fingerprint density at radius 2 is 1.56 bits per heavy atom. The maximum Gasteiger partial charge on any atom is 0.305 e. The number of ether oxygens (including phenoxy) is 1. The van der Waals surface area contributed by atoms with Gasteiger partial charge in [-0.3, -0.25) is 4.79 Å². The Balaban J connectivity index is 3.21. The minimum absolute atomic E-state index is 0.0737. The molecule has 0 bridgehead atoms. The van der Waals surface area contributed by atoms with Crippen molar-refractivity contribution in [2.45, 2.75) is 84.7 Å². The molecule has 0 rings (SSSR count). The largest absolute Gasteiger partial charge is 0.463 e. The first-order valence-electron chi connectivity index (χ1n) is 6.90. The van der Waals surface area contributed by atoms with Gasteiger partial charge in [-0.1, -0.05) is 52.4 Å². The van der Waals surface area contributed by atoms with Crippen molar-refractivity contribution in [3.63, 3.8) is 0 Å². The second kappa shape index (κ2) is 11.0. The lowest BCUT2D eigenvalue weighted by Crippen LogP contribution is -2.13. The molecule has 0 spiro atoms. The lowest BCUT2D eigenvalue weighted by Gasteiger charge is -2.12. The average molecular weight is 228 g/mol. The van der Waals surface area contributed by atoms with Crippen LogP contribution in [-0.4, -0.2) is 12.1 Å². The zero-order valence-electron chi connectivity index (χ0n) is 11.3. The van der Waals surface area contributed by atoms with Gasteiger partial charge in [0.05, 0.1) is 6.10 Å². The van der Waals surface area contributed by atoms with Gasteiger partial charge in [-0.05, 0) is 19.8 Å². The van der Waals surface area contributed by atoms with Crippen molar-refractivity contribution in [2.75, 3.05) is 0 Å². The van der Waals surface area contributed by atoms with E-state index in [0.717, 1.165) is 6.42 Å². The highest BCUT2D eigenvalue weighted by molar-refractivity contribution is 5.69. The second-order valence-corrected chi connectivity index (χ2v) is 4.56. The van der Waals surface area contributed by atoms with Crippen LogP contribution in [0.3, 0.4) is 0 Å². The fourth-order valence-corrected chi connectivity index (χ4v) is 1.76. The molecule has 0 aliphatic heterocycles. The van der Waals surface area contributed by atoms with Gasteiger partial charge in [0.1, 0.15) is 0 Å². The molecular formula is C14H28O2. The standard InChI is InChI=1S/C14H28O2/c1-4-6-7-8-9-10-11-12-13(3)16-14(15)5-2/h13H,4-12H2,1-3H3/t13-/m1/s1. The molecule has 96 valence electrons. The van der Waals surface area contributed by atoms with Crippen molar-refractivity contribution >= 4 is 5.97 Å². The van der Waals surface area contributed by atoms with Crippen molar-refractivity contribution in [3.8, 4) is 0 Å². The molecular weight excluding hydrogens is 200 g/mol. The number of hydrogen-bond acceptors (Lipinski definition) is 2. The monoisotopic (exact) mass is 228 g/mol. The van der Waals surface area contributed by atoms with Gasteiger partial charge in [0, 0.05) is 6.42 Å². The first kappa shape index (κ1) is 15.5. The molecule has 0 aromatic heterocycles. The molecule has 2 nitrogen and oxygen atoms in total. The number of carbonyl (C=O) groups excluding carboxylic acids is 1. The molecule has 0 aromatic rings. The van der Waals surface area contributed by atoms with Crippen LogP contribution in [0.2, 0.25) is 0 Å². The van der Waals surface area contributed by atoms with Gasteiger partial charge >= 0.3 is 5.97 Å². The highest BCUT2D eigenvalue weighted by Gasteiger charge is 2.06. The molecule has 0 saturated heterocycles. The number of esters is 1. The molecule has 0 fully saturated rings. The van der Waals surface area contributed by atoms with Crippen molar-refractivity contribution < 1.29 is 9.53 Å². The van der Waals surface area contributed by atoms with Crippen molar-refractivity contribution in [3.05, 3.63) is 0 Å². The molecule has 0 saturated carbocycles. The van der Waals surface area contributed by atoms with E-state index in [1.165, 1.54) is 44.9 Å². The van der Waals surface area contributed by atoms with E-state index in [2.05, 4.69) is 6.92 Å². The van der Waals surface area contributed by atoms with Crippen LogP contribution in [0.5, 0.6) is 0 Å². The SMILES string of the molecule is CCCCCCCCC[C@@H](C)OC(=O)CC. The summed E-state index contributed by atoms with van der Waals surface area (Å²) >= 11 is 0. The fraction of sp³-hybridized carbons (Fsp3) is 0.929. The van der Waals surface area contributed by atoms with Crippen LogP contribution in [0, 0.1) is 0 Å². The molecule has 0 unspecified atom stereocenters. The Bertz CT molecular complexity index is 166. The van der Waals surface area contributed by atoms with Gasteiger partial charge in [-0.15, -0.1) is 0 Å². The molecule has 16 heavy (non-hydrogen) atoms. The van der Waals surface area contributed by atoms with Crippen LogP contribution in [0.25, 0.3) is 0 Å². The van der Waals surface area contributed by atoms with E-state index < -0.39 is 0 Å². The summed E-state index contributed by atoms with van der Waals surface area (Å²) < 4.78 is 5.21. The number of carbonyl (C=O) groups is 1. The average Bonchev–Trinajstić information content (AvgIpc) is 2.27. The van der Waals surface area contributed by atoms with Crippen LogP contribution in [0.4, 0.5) is 0 Å². The molecule has 0 aliphatic carbocycles. The van der Waals surface area contributed by atoms with Crippen LogP contribution in [0.1, 0.15) is 78.6 Å². The summed E-state index contributed by atoms with van der Waals surface area (Å²) in [6, 6.07) is 0. The lowest BCUT2D eigenvalue weighted by molar-refractivity contribution is -0.148. The quantitative estimate of drug-likeness (QED) is 0.407. The Morgan fingerprint density at radius 3 is 2.12 bits per heavy atom. The topological polar surface area (TPSA) is 26.3 Å². The summed E-state index contributed by atoms with van der Waals surface area (Å²) in [5.74, 6) is -0.0737. The van der Waals surface area contributed by atoms with Gasteiger partial charge in [0.25, 0.3) is 0 Å². The van der Waals surface area contributed by atoms with Crippen molar-refractivity contribution in [1.29, 1.82) is 0 Å². The van der Waals surface area contributed by atoms with E-state index in [1.807, 2.05) is 13.8 Å². The molecule has 0 amide bonds. The second-order valence-electron chi connectivity index (χ2n) is 4.56. The smallest absolute Gasteiger partial charge is 0.305 e. The molecule has 1 atom stereocenters. The molecule has 2 heteroatoms. The third-order valence-electron chi connectivity index (χ3n) is 2.84. The highest BCUT2D eigenvalue weighted by atomic mass is 16.5. The summed E-state index contributed by atoms with van der Waals surface area (Å²) in [6.45, 7) is 6.07. The molecule has 0 heterocycles. The van der Waals surface area contributed by atoms with Crippen molar-refractivity contribution in [1.82, 2.24) is 0 Å². The zero-order valence-corrected chi connectivity index (χ0v) is 11.3. The molecule has 0 aromatic carbocycles. The maximum absolute atomic E-state index is 11.0. The van der Waals surface area contributed by atoms with E-state index in [9.17, 15) is 4.79 Å². The normalized spacial score (nSPS) is 12.4. The van der Waals surface area contributed by atoms with E-state index in [1.54, 1.807) is 0 Å². The minimum Gasteiger partial charge on any atom is -0.463 e. The third-order valence-corrected chi connectivity index (χ3v) is 2.84. The highest BCUT2D eigenvalue weighted by Crippen LogP contribution is 2.11. The maximum atomic E-state index is 11.0. The van der Waals surface area contributed by atoms with Gasteiger partial charge in [0.2, 0.25) is 0 Å². The van der Waals surface area contributed by atoms with Gasteiger partial charge in [0.15, 0.2) is 0 Å². The molecule has 0 radical (unpaired) electrons. The number of rotatable bonds is 10. The van der Waals surface area contributed by atoms with Crippen LogP contribution >= 0.6 is 0 Å². The first-order valence-corrected chi connectivity index (χ1v) is 6.90. The minimum atomic E-state index is -0.0737. The van der Waals surface area contributed by atoms with Gasteiger partial charge in [-0.2, -0.15) is 0 Å². The Labute approximate surface area is 101 Å². The lowest BCUT2D eigenvalue weighted by atomic mass is 10.1.